The highest BCUT2D eigenvalue weighted by Crippen LogP contribution is 2.28. The van der Waals surface area contributed by atoms with Crippen LogP contribution >= 0.6 is 23.5 Å². The van der Waals surface area contributed by atoms with Crippen molar-refractivity contribution in [3.63, 3.8) is 0 Å². The summed E-state index contributed by atoms with van der Waals surface area (Å²) in [6.45, 7) is 4.50. The van der Waals surface area contributed by atoms with E-state index in [1.54, 1.807) is 0 Å². The number of hydrogen-bond acceptors (Lipinski definition) is 3. The summed E-state index contributed by atoms with van der Waals surface area (Å²) >= 11 is 3.37. The summed E-state index contributed by atoms with van der Waals surface area (Å²) in [4.78, 5) is 14.6. The van der Waals surface area contributed by atoms with E-state index in [1.807, 2.05) is 11.8 Å². The number of thioether (sulfide) groups is 2. The quantitative estimate of drug-likeness (QED) is 0.155. The molecule has 33 heavy (non-hydrogen) atoms. The van der Waals surface area contributed by atoms with E-state index >= 15 is 0 Å². The van der Waals surface area contributed by atoms with Crippen molar-refractivity contribution in [2.24, 2.45) is 0 Å². The number of rotatable bonds is 18. The highest BCUT2D eigenvalue weighted by Gasteiger charge is 2.06. The van der Waals surface area contributed by atoms with Gasteiger partial charge in [0.2, 0.25) is 0 Å². The largest absolute Gasteiger partial charge is 0.287 e. The molecule has 0 atom stereocenters. The van der Waals surface area contributed by atoms with Crippen molar-refractivity contribution in [2.75, 3.05) is 5.75 Å². The highest BCUT2D eigenvalue weighted by atomic mass is 32.2. The third-order valence-corrected chi connectivity index (χ3v) is 8.06. The predicted octanol–water partition coefficient (Wildman–Crippen LogP) is 10.6. The van der Waals surface area contributed by atoms with Crippen molar-refractivity contribution in [1.29, 1.82) is 0 Å². The van der Waals surface area contributed by atoms with Gasteiger partial charge in [-0.15, -0.1) is 11.8 Å². The SMILES string of the molecule is CCCCCCCCCCSc1ccc(-c2ccc(SC(=O)CCCCCCC)cc2)cc1. The molecule has 182 valence electrons. The van der Waals surface area contributed by atoms with Crippen LogP contribution in [0.5, 0.6) is 0 Å². The van der Waals surface area contributed by atoms with Gasteiger partial charge in [-0.2, -0.15) is 0 Å². The maximum Gasteiger partial charge on any atom is 0.193 e. The normalized spacial score (nSPS) is 11.1. The van der Waals surface area contributed by atoms with Crippen molar-refractivity contribution in [2.45, 2.75) is 114 Å². The Bertz CT molecular complexity index is 752. The Morgan fingerprint density at radius 3 is 1.58 bits per heavy atom. The van der Waals surface area contributed by atoms with Crippen LogP contribution in [0, 0.1) is 0 Å². The summed E-state index contributed by atoms with van der Waals surface area (Å²) in [5.74, 6) is 1.22. The van der Waals surface area contributed by atoms with Crippen LogP contribution < -0.4 is 0 Å². The summed E-state index contributed by atoms with van der Waals surface area (Å²) in [6, 6.07) is 17.4. The highest BCUT2D eigenvalue weighted by molar-refractivity contribution is 8.13. The van der Waals surface area contributed by atoms with Gasteiger partial charge in [0.25, 0.3) is 0 Å². The summed E-state index contributed by atoms with van der Waals surface area (Å²) in [7, 11) is 0. The molecule has 0 saturated heterocycles. The van der Waals surface area contributed by atoms with Gasteiger partial charge < -0.3 is 0 Å². The van der Waals surface area contributed by atoms with E-state index in [2.05, 4.69) is 62.4 Å². The summed E-state index contributed by atoms with van der Waals surface area (Å²) in [6.07, 6.45) is 17.7. The van der Waals surface area contributed by atoms with E-state index in [4.69, 9.17) is 0 Å². The third-order valence-electron chi connectivity index (χ3n) is 6.02. The third kappa shape index (κ3) is 12.7. The molecule has 0 heterocycles. The molecule has 0 radical (unpaired) electrons. The van der Waals surface area contributed by atoms with Crippen molar-refractivity contribution >= 4 is 28.6 Å². The van der Waals surface area contributed by atoms with Gasteiger partial charge in [0.05, 0.1) is 0 Å². The molecule has 0 N–H and O–H groups in total. The van der Waals surface area contributed by atoms with E-state index in [9.17, 15) is 4.79 Å². The molecule has 2 aromatic rings. The molecule has 0 saturated carbocycles. The Balaban J connectivity index is 1.65. The molecule has 0 aliphatic heterocycles. The molecule has 0 aliphatic carbocycles. The van der Waals surface area contributed by atoms with Gasteiger partial charge in [0.1, 0.15) is 0 Å². The van der Waals surface area contributed by atoms with Crippen molar-refractivity contribution in [3.05, 3.63) is 48.5 Å². The standard InChI is InChI=1S/C30H44OS2/c1-3-5-7-9-10-11-13-15-25-32-28-21-17-26(18-22-28)27-19-23-29(24-20-27)33-30(31)16-14-12-8-6-4-2/h17-24H,3-16,25H2,1-2H3. The van der Waals surface area contributed by atoms with E-state index < -0.39 is 0 Å². The Hall–Kier alpha value is -1.19. The number of benzene rings is 2. The molecule has 0 aromatic heterocycles. The maximum absolute atomic E-state index is 12.2. The van der Waals surface area contributed by atoms with Gasteiger partial charge in [-0.3, -0.25) is 4.79 Å². The molecular weight excluding hydrogens is 440 g/mol. The van der Waals surface area contributed by atoms with E-state index in [1.165, 1.54) is 111 Å². The smallest absolute Gasteiger partial charge is 0.193 e. The molecule has 0 unspecified atom stereocenters. The lowest BCUT2D eigenvalue weighted by Gasteiger charge is -2.06. The van der Waals surface area contributed by atoms with Gasteiger partial charge in [-0.1, -0.05) is 121 Å². The zero-order valence-electron chi connectivity index (χ0n) is 21.0. The molecule has 0 bridgehead atoms. The van der Waals surface area contributed by atoms with Gasteiger partial charge in [-0.05, 0) is 54.0 Å². The van der Waals surface area contributed by atoms with Crippen LogP contribution in [0.1, 0.15) is 104 Å². The Labute approximate surface area is 211 Å². The van der Waals surface area contributed by atoms with Gasteiger partial charge in [0.15, 0.2) is 5.12 Å². The Morgan fingerprint density at radius 1 is 0.576 bits per heavy atom. The summed E-state index contributed by atoms with van der Waals surface area (Å²) in [5.41, 5.74) is 2.45. The van der Waals surface area contributed by atoms with Crippen molar-refractivity contribution in [1.82, 2.24) is 0 Å². The Kier molecular flexibility index (Phi) is 15.5. The minimum Gasteiger partial charge on any atom is -0.287 e. The number of carbonyl (C=O) groups excluding carboxylic acids is 1. The molecule has 0 aliphatic rings. The monoisotopic (exact) mass is 484 g/mol. The zero-order valence-corrected chi connectivity index (χ0v) is 22.6. The first-order valence-electron chi connectivity index (χ1n) is 13.3. The van der Waals surface area contributed by atoms with Crippen LogP contribution in [-0.4, -0.2) is 10.9 Å². The summed E-state index contributed by atoms with van der Waals surface area (Å²) < 4.78 is 0. The summed E-state index contributed by atoms with van der Waals surface area (Å²) in [5, 5.41) is 0.289. The van der Waals surface area contributed by atoms with Crippen LogP contribution in [0.4, 0.5) is 0 Å². The van der Waals surface area contributed by atoms with Crippen molar-refractivity contribution in [3.8, 4) is 11.1 Å². The second-order valence-corrected chi connectivity index (χ2v) is 11.3. The molecule has 3 heteroatoms. The molecule has 0 spiro atoms. The molecular formula is C30H44OS2. The van der Waals surface area contributed by atoms with Gasteiger partial charge in [-0.25, -0.2) is 0 Å². The number of unbranched alkanes of at least 4 members (excludes halogenated alkanes) is 11. The Morgan fingerprint density at radius 2 is 1.03 bits per heavy atom. The first-order chi connectivity index (χ1) is 16.2. The number of hydrogen-bond donors (Lipinski definition) is 0. The minimum absolute atomic E-state index is 0.289. The average molecular weight is 485 g/mol. The minimum atomic E-state index is 0.289. The van der Waals surface area contributed by atoms with Crippen LogP contribution in [0.3, 0.4) is 0 Å². The number of carbonyl (C=O) groups is 1. The fraction of sp³-hybridized carbons (Fsp3) is 0.567. The topological polar surface area (TPSA) is 17.1 Å². The van der Waals surface area contributed by atoms with E-state index in [-0.39, 0.29) is 5.12 Å². The first-order valence-corrected chi connectivity index (χ1v) is 15.1. The van der Waals surface area contributed by atoms with Crippen LogP contribution in [0.25, 0.3) is 11.1 Å². The lowest BCUT2D eigenvalue weighted by Crippen LogP contribution is -1.91. The lowest BCUT2D eigenvalue weighted by atomic mass is 10.1. The zero-order chi connectivity index (χ0) is 23.6. The van der Waals surface area contributed by atoms with Crippen LogP contribution in [-0.2, 0) is 4.79 Å². The van der Waals surface area contributed by atoms with E-state index in [0.29, 0.717) is 6.42 Å². The second-order valence-electron chi connectivity index (χ2n) is 9.01. The van der Waals surface area contributed by atoms with Crippen molar-refractivity contribution < 1.29 is 4.79 Å². The maximum atomic E-state index is 12.2. The molecule has 1 nitrogen and oxygen atoms in total. The molecule has 2 rings (SSSR count). The van der Waals surface area contributed by atoms with Crippen LogP contribution in [0.15, 0.2) is 58.3 Å². The average Bonchev–Trinajstić information content (AvgIpc) is 2.84. The fourth-order valence-electron chi connectivity index (χ4n) is 3.94. The van der Waals surface area contributed by atoms with E-state index in [0.717, 1.165) is 11.3 Å². The van der Waals surface area contributed by atoms with Crippen LogP contribution in [0.2, 0.25) is 0 Å². The lowest BCUT2D eigenvalue weighted by molar-refractivity contribution is -0.111. The second kappa shape index (κ2) is 18.2. The fourth-order valence-corrected chi connectivity index (χ4v) is 5.63. The van der Waals surface area contributed by atoms with Gasteiger partial charge >= 0.3 is 0 Å². The first kappa shape index (κ1) is 28.1. The molecule has 0 fully saturated rings. The molecule has 0 amide bonds. The van der Waals surface area contributed by atoms with Gasteiger partial charge in [0, 0.05) is 16.2 Å². The molecule has 2 aromatic carbocycles. The predicted molar refractivity (Wildman–Crippen MR) is 149 cm³/mol.